The zero-order valence-corrected chi connectivity index (χ0v) is 24.0. The number of benzene rings is 2. The Morgan fingerprint density at radius 1 is 0.953 bits per heavy atom. The van der Waals surface area contributed by atoms with E-state index < -0.39 is 53.9 Å². The number of halogens is 2. The monoisotopic (exact) mass is 606 g/mol. The van der Waals surface area contributed by atoms with Gasteiger partial charge in [0.05, 0.1) is 31.0 Å². The van der Waals surface area contributed by atoms with Gasteiger partial charge in [-0.1, -0.05) is 30.3 Å². The van der Waals surface area contributed by atoms with Crippen molar-refractivity contribution in [2.75, 3.05) is 33.7 Å². The molecule has 0 aromatic heterocycles. The Morgan fingerprint density at radius 3 is 2.02 bits per heavy atom. The van der Waals surface area contributed by atoms with E-state index in [0.717, 1.165) is 25.9 Å². The van der Waals surface area contributed by atoms with Crippen LogP contribution < -0.4 is 0 Å². The minimum absolute atomic E-state index is 0.0146. The number of fused-ring (bicyclic) bond motifs is 2. The molecule has 0 radical (unpaired) electrons. The van der Waals surface area contributed by atoms with Gasteiger partial charge in [-0.05, 0) is 42.5 Å². The lowest BCUT2D eigenvalue weighted by atomic mass is 9.83. The van der Waals surface area contributed by atoms with Crippen molar-refractivity contribution in [3.63, 3.8) is 0 Å². The summed E-state index contributed by atoms with van der Waals surface area (Å²) in [5.74, 6) is -6.83. The summed E-state index contributed by atoms with van der Waals surface area (Å²) in [6.45, 7) is 2.68. The van der Waals surface area contributed by atoms with Gasteiger partial charge in [0.2, 0.25) is 5.91 Å². The quantitative estimate of drug-likeness (QED) is 0.316. The third kappa shape index (κ3) is 8.33. The van der Waals surface area contributed by atoms with Gasteiger partial charge in [-0.25, -0.2) is 13.6 Å². The third-order valence-electron chi connectivity index (χ3n) is 7.74. The van der Waals surface area contributed by atoms with Crippen molar-refractivity contribution in [3.8, 4) is 0 Å². The molecule has 1 atom stereocenters. The number of carboxylic acid groups (broad SMARTS) is 3. The molecule has 1 saturated heterocycles. The van der Waals surface area contributed by atoms with E-state index in [9.17, 15) is 28.0 Å². The summed E-state index contributed by atoms with van der Waals surface area (Å²) >= 11 is 0. The van der Waals surface area contributed by atoms with E-state index in [4.69, 9.17) is 25.2 Å². The van der Waals surface area contributed by atoms with Crippen molar-refractivity contribution >= 4 is 23.8 Å². The molecule has 2 heterocycles. The van der Waals surface area contributed by atoms with Crippen molar-refractivity contribution in [2.45, 2.75) is 49.9 Å². The van der Waals surface area contributed by atoms with Crippen LogP contribution in [0, 0.1) is 17.6 Å². The SMILES string of the molecule is CN(C)C(=O)C(Cc1c(F)cccc1F)CN1CCC2(CC1)OCc1ccccc12.O=C(O)CC(O)(CC(=O)O)C(=O)O. The van der Waals surface area contributed by atoms with Gasteiger partial charge in [0.25, 0.3) is 0 Å². The highest BCUT2D eigenvalue weighted by Gasteiger charge is 2.43. The van der Waals surface area contributed by atoms with Crippen molar-refractivity contribution < 1.29 is 53.1 Å². The maximum atomic E-state index is 14.2. The number of amides is 1. The number of likely N-dealkylation sites (tertiary alicyclic amines) is 1. The lowest BCUT2D eigenvalue weighted by Gasteiger charge is -2.40. The molecule has 234 valence electrons. The summed E-state index contributed by atoms with van der Waals surface area (Å²) in [6.07, 6.45) is -0.540. The molecule has 0 aliphatic carbocycles. The van der Waals surface area contributed by atoms with Gasteiger partial charge in [0.1, 0.15) is 11.6 Å². The minimum Gasteiger partial charge on any atom is -0.481 e. The molecule has 0 bridgehead atoms. The number of ether oxygens (including phenoxy) is 1. The number of aliphatic carboxylic acids is 3. The van der Waals surface area contributed by atoms with Crippen molar-refractivity contribution in [3.05, 3.63) is 70.8 Å². The highest BCUT2D eigenvalue weighted by molar-refractivity contribution is 5.88. The number of carboxylic acids is 3. The van der Waals surface area contributed by atoms with Gasteiger partial charge >= 0.3 is 17.9 Å². The average molecular weight is 607 g/mol. The predicted molar refractivity (Wildman–Crippen MR) is 148 cm³/mol. The molecule has 2 aromatic rings. The number of aliphatic hydroxyl groups is 1. The first kappa shape index (κ1) is 33.6. The van der Waals surface area contributed by atoms with Gasteiger partial charge in [-0.2, -0.15) is 0 Å². The minimum atomic E-state index is -2.74. The Hall–Kier alpha value is -3.94. The maximum Gasteiger partial charge on any atom is 0.336 e. The molecule has 2 aliphatic heterocycles. The standard InChI is InChI=1S/C24H28F2N2O2.C6H8O7/c1-27(2)23(29)18(14-19-21(25)8-5-9-22(19)26)15-28-12-10-24(11-13-28)20-7-4-3-6-17(20)16-30-24;7-3(8)1-6(13,5(11)12)2-4(9)10/h3-9,18H,10-16H2,1-2H3;13H,1-2H2,(H,7,8)(H,9,10)(H,11,12). The van der Waals surface area contributed by atoms with Crippen LogP contribution in [0.4, 0.5) is 8.78 Å². The first-order chi connectivity index (χ1) is 20.2. The highest BCUT2D eigenvalue weighted by atomic mass is 19.1. The number of hydrogen-bond acceptors (Lipinski definition) is 7. The number of carbonyl (C=O) groups is 4. The largest absolute Gasteiger partial charge is 0.481 e. The van der Waals surface area contributed by atoms with E-state index in [-0.39, 0.29) is 23.5 Å². The molecule has 1 unspecified atom stereocenters. The van der Waals surface area contributed by atoms with Crippen LogP contribution in [-0.4, -0.2) is 93.4 Å². The summed E-state index contributed by atoms with van der Waals surface area (Å²) in [4.78, 5) is 47.0. The number of nitrogens with zero attached hydrogens (tertiary/aromatic N) is 2. The fourth-order valence-electron chi connectivity index (χ4n) is 5.49. The molecule has 4 N–H and O–H groups in total. The van der Waals surface area contributed by atoms with Gasteiger partial charge < -0.3 is 35.0 Å². The van der Waals surface area contributed by atoms with Gasteiger partial charge in [-0.15, -0.1) is 0 Å². The number of piperidine rings is 1. The molecule has 2 aromatic carbocycles. The highest BCUT2D eigenvalue weighted by Crippen LogP contribution is 2.44. The van der Waals surface area contributed by atoms with E-state index in [1.807, 2.05) is 6.07 Å². The fourth-order valence-corrected chi connectivity index (χ4v) is 5.49. The average Bonchev–Trinajstić information content (AvgIpc) is 3.28. The lowest BCUT2D eigenvalue weighted by molar-refractivity contribution is -0.170. The van der Waals surface area contributed by atoms with Gasteiger partial charge in [0.15, 0.2) is 5.60 Å². The van der Waals surface area contributed by atoms with E-state index >= 15 is 0 Å². The van der Waals surface area contributed by atoms with Crippen LogP contribution in [0.25, 0.3) is 0 Å². The van der Waals surface area contributed by atoms with E-state index in [1.54, 1.807) is 14.1 Å². The summed E-state index contributed by atoms with van der Waals surface area (Å²) in [5.41, 5.74) is -0.469. The molecule has 1 fully saturated rings. The molecule has 43 heavy (non-hydrogen) atoms. The first-order valence-electron chi connectivity index (χ1n) is 13.7. The number of rotatable bonds is 10. The summed E-state index contributed by atoms with van der Waals surface area (Å²) < 4.78 is 34.6. The maximum absolute atomic E-state index is 14.2. The predicted octanol–water partition coefficient (Wildman–Crippen LogP) is 2.48. The number of hydrogen-bond donors (Lipinski definition) is 4. The summed E-state index contributed by atoms with van der Waals surface area (Å²) in [7, 11) is 3.36. The van der Waals surface area contributed by atoms with Crippen LogP contribution in [0.1, 0.15) is 42.4 Å². The molecule has 1 amide bonds. The Morgan fingerprint density at radius 2 is 1.51 bits per heavy atom. The van der Waals surface area contributed by atoms with Crippen molar-refractivity contribution in [1.82, 2.24) is 9.80 Å². The molecule has 4 rings (SSSR count). The Labute approximate surface area is 247 Å². The normalized spacial score (nSPS) is 16.5. The Kier molecular flexibility index (Phi) is 10.9. The van der Waals surface area contributed by atoms with Crippen LogP contribution in [0.5, 0.6) is 0 Å². The Bertz CT molecular complexity index is 1310. The molecule has 11 nitrogen and oxygen atoms in total. The Balaban J connectivity index is 0.000000331. The van der Waals surface area contributed by atoms with Crippen LogP contribution in [0.15, 0.2) is 42.5 Å². The first-order valence-corrected chi connectivity index (χ1v) is 13.7. The second kappa shape index (κ2) is 14.0. The van der Waals surface area contributed by atoms with E-state index in [1.165, 1.54) is 34.2 Å². The van der Waals surface area contributed by atoms with Crippen molar-refractivity contribution in [1.29, 1.82) is 0 Å². The van der Waals surface area contributed by atoms with Gasteiger partial charge in [0, 0.05) is 39.3 Å². The summed E-state index contributed by atoms with van der Waals surface area (Å²) in [6, 6.07) is 12.2. The molecule has 1 spiro atoms. The molecule has 0 saturated carbocycles. The topological polar surface area (TPSA) is 165 Å². The molecule has 13 heteroatoms. The van der Waals surface area contributed by atoms with Gasteiger partial charge in [-0.3, -0.25) is 14.4 Å². The fraction of sp³-hybridized carbons (Fsp3) is 0.467. The molecular weight excluding hydrogens is 570 g/mol. The second-order valence-electron chi connectivity index (χ2n) is 11.1. The number of carbonyl (C=O) groups excluding carboxylic acids is 1. The zero-order chi connectivity index (χ0) is 31.9. The van der Waals surface area contributed by atoms with Crippen LogP contribution in [0.3, 0.4) is 0 Å². The van der Waals surface area contributed by atoms with E-state index in [0.29, 0.717) is 13.2 Å². The molecule has 2 aliphatic rings. The van der Waals surface area contributed by atoms with Crippen LogP contribution in [-0.2, 0) is 42.5 Å². The van der Waals surface area contributed by atoms with Crippen molar-refractivity contribution in [2.24, 2.45) is 5.92 Å². The van der Waals surface area contributed by atoms with Crippen LogP contribution >= 0.6 is 0 Å². The third-order valence-corrected chi connectivity index (χ3v) is 7.74. The summed E-state index contributed by atoms with van der Waals surface area (Å²) in [5, 5.41) is 33.8. The lowest BCUT2D eigenvalue weighted by Crippen LogP contribution is -2.46. The molecular formula is C30H36F2N2O9. The second-order valence-corrected chi connectivity index (χ2v) is 11.1. The smallest absolute Gasteiger partial charge is 0.336 e. The zero-order valence-electron chi connectivity index (χ0n) is 24.0. The van der Waals surface area contributed by atoms with E-state index in [2.05, 4.69) is 23.1 Å². The van der Waals surface area contributed by atoms with Crippen LogP contribution in [0.2, 0.25) is 0 Å².